The molecule has 1 heterocycles. The summed E-state index contributed by atoms with van der Waals surface area (Å²) in [6, 6.07) is 6.31. The first kappa shape index (κ1) is 14.1. The van der Waals surface area contributed by atoms with Crippen molar-refractivity contribution >= 4 is 11.6 Å². The van der Waals surface area contributed by atoms with Gasteiger partial charge in [0.15, 0.2) is 0 Å². The molecular formula is C15H20ClN3. The number of aryl methyl sites for hydroxylation is 1. The van der Waals surface area contributed by atoms with Crippen molar-refractivity contribution in [2.75, 3.05) is 0 Å². The van der Waals surface area contributed by atoms with Crippen LogP contribution in [0, 0.1) is 6.92 Å². The average Bonchev–Trinajstić information content (AvgIpc) is 2.80. The molecule has 0 spiro atoms. The molecule has 1 aromatic heterocycles. The average molecular weight is 278 g/mol. The lowest BCUT2D eigenvalue weighted by Crippen LogP contribution is -2.21. The van der Waals surface area contributed by atoms with E-state index in [4.69, 9.17) is 17.3 Å². The molecule has 0 aliphatic heterocycles. The van der Waals surface area contributed by atoms with E-state index in [1.54, 1.807) is 0 Å². The zero-order chi connectivity index (χ0) is 13.8. The third kappa shape index (κ3) is 3.82. The molecule has 2 rings (SSSR count). The number of rotatable bonds is 5. The van der Waals surface area contributed by atoms with Crippen LogP contribution in [0.5, 0.6) is 0 Å². The van der Waals surface area contributed by atoms with Crippen molar-refractivity contribution in [1.29, 1.82) is 0 Å². The number of hydrogen-bond donors (Lipinski definition) is 1. The maximum Gasteiger partial charge on any atom is 0.0673 e. The van der Waals surface area contributed by atoms with Crippen LogP contribution in [0.4, 0.5) is 0 Å². The Morgan fingerprint density at radius 3 is 2.89 bits per heavy atom. The monoisotopic (exact) mass is 277 g/mol. The minimum Gasteiger partial charge on any atom is -0.327 e. The molecular weight excluding hydrogens is 258 g/mol. The van der Waals surface area contributed by atoms with E-state index in [0.717, 1.165) is 23.4 Å². The highest BCUT2D eigenvalue weighted by Crippen LogP contribution is 2.18. The van der Waals surface area contributed by atoms with Crippen molar-refractivity contribution in [1.82, 2.24) is 9.78 Å². The lowest BCUT2D eigenvalue weighted by atomic mass is 10.1. The van der Waals surface area contributed by atoms with Gasteiger partial charge in [-0.3, -0.25) is 4.68 Å². The molecule has 0 saturated carbocycles. The van der Waals surface area contributed by atoms with Gasteiger partial charge in [0.05, 0.1) is 12.7 Å². The van der Waals surface area contributed by atoms with Gasteiger partial charge in [-0.05, 0) is 42.5 Å². The van der Waals surface area contributed by atoms with E-state index in [-0.39, 0.29) is 6.04 Å². The standard InChI is InChI=1S/C15H20ClN3/c1-3-14(17)7-12-8-18-19(9-12)10-13-5-4-11(2)6-15(13)16/h4-6,8-9,14H,3,7,10,17H2,1-2H3. The topological polar surface area (TPSA) is 43.8 Å². The van der Waals surface area contributed by atoms with Crippen LogP contribution < -0.4 is 5.73 Å². The van der Waals surface area contributed by atoms with Crippen LogP contribution in [-0.2, 0) is 13.0 Å². The molecule has 2 aromatic rings. The summed E-state index contributed by atoms with van der Waals surface area (Å²) in [5.41, 5.74) is 9.38. The molecule has 102 valence electrons. The maximum atomic E-state index is 6.23. The third-order valence-corrected chi connectivity index (χ3v) is 3.60. The molecule has 1 unspecified atom stereocenters. The summed E-state index contributed by atoms with van der Waals surface area (Å²) in [5.74, 6) is 0. The predicted octanol–water partition coefficient (Wildman–Crippen LogP) is 3.17. The van der Waals surface area contributed by atoms with Crippen LogP contribution in [0.3, 0.4) is 0 Å². The first-order chi connectivity index (χ1) is 9.08. The minimum atomic E-state index is 0.209. The van der Waals surface area contributed by atoms with Gasteiger partial charge in [0.2, 0.25) is 0 Å². The fraction of sp³-hybridized carbons (Fsp3) is 0.400. The highest BCUT2D eigenvalue weighted by molar-refractivity contribution is 6.31. The van der Waals surface area contributed by atoms with Crippen LogP contribution in [0.15, 0.2) is 30.6 Å². The molecule has 1 atom stereocenters. The smallest absolute Gasteiger partial charge is 0.0673 e. The molecule has 0 radical (unpaired) electrons. The van der Waals surface area contributed by atoms with Crippen molar-refractivity contribution in [2.45, 2.75) is 39.3 Å². The number of halogens is 1. The summed E-state index contributed by atoms with van der Waals surface area (Å²) >= 11 is 6.23. The molecule has 19 heavy (non-hydrogen) atoms. The van der Waals surface area contributed by atoms with Gasteiger partial charge in [-0.1, -0.05) is 30.7 Å². The summed E-state index contributed by atoms with van der Waals surface area (Å²) in [7, 11) is 0. The summed E-state index contributed by atoms with van der Waals surface area (Å²) < 4.78 is 1.91. The van der Waals surface area contributed by atoms with Crippen molar-refractivity contribution < 1.29 is 0 Å². The Hall–Kier alpha value is -1.32. The Balaban J connectivity index is 2.07. The number of nitrogens with zero attached hydrogens (tertiary/aromatic N) is 2. The molecule has 0 aliphatic rings. The largest absolute Gasteiger partial charge is 0.327 e. The molecule has 1 aromatic carbocycles. The lowest BCUT2D eigenvalue weighted by molar-refractivity contribution is 0.644. The summed E-state index contributed by atoms with van der Waals surface area (Å²) in [4.78, 5) is 0. The zero-order valence-electron chi connectivity index (χ0n) is 11.4. The molecule has 0 bridgehead atoms. The third-order valence-electron chi connectivity index (χ3n) is 3.25. The fourth-order valence-electron chi connectivity index (χ4n) is 2.00. The Bertz CT molecular complexity index is 548. The van der Waals surface area contributed by atoms with Gasteiger partial charge in [0.25, 0.3) is 0 Å². The number of hydrogen-bond acceptors (Lipinski definition) is 2. The normalized spacial score (nSPS) is 12.6. The minimum absolute atomic E-state index is 0.209. The lowest BCUT2D eigenvalue weighted by Gasteiger charge is -2.06. The first-order valence-corrected chi connectivity index (χ1v) is 6.98. The summed E-state index contributed by atoms with van der Waals surface area (Å²) in [6.07, 6.45) is 5.79. The van der Waals surface area contributed by atoms with E-state index >= 15 is 0 Å². The van der Waals surface area contributed by atoms with E-state index in [1.165, 1.54) is 11.1 Å². The van der Waals surface area contributed by atoms with Crippen LogP contribution in [0.25, 0.3) is 0 Å². The number of aromatic nitrogens is 2. The van der Waals surface area contributed by atoms with Gasteiger partial charge in [-0.2, -0.15) is 5.10 Å². The summed E-state index contributed by atoms with van der Waals surface area (Å²) in [5, 5.41) is 5.16. The molecule has 0 saturated heterocycles. The van der Waals surface area contributed by atoms with Crippen molar-refractivity contribution in [3.05, 3.63) is 52.3 Å². The van der Waals surface area contributed by atoms with Crippen LogP contribution in [0.1, 0.15) is 30.0 Å². The van der Waals surface area contributed by atoms with Crippen molar-refractivity contribution in [2.24, 2.45) is 5.73 Å². The number of benzene rings is 1. The molecule has 2 N–H and O–H groups in total. The number of nitrogens with two attached hydrogens (primary N) is 1. The van der Waals surface area contributed by atoms with E-state index in [2.05, 4.69) is 24.2 Å². The second kappa shape index (κ2) is 6.22. The van der Waals surface area contributed by atoms with Crippen molar-refractivity contribution in [3.8, 4) is 0 Å². The highest BCUT2D eigenvalue weighted by Gasteiger charge is 2.06. The predicted molar refractivity (Wildman–Crippen MR) is 79.5 cm³/mol. The second-order valence-corrected chi connectivity index (χ2v) is 5.42. The van der Waals surface area contributed by atoms with E-state index in [1.807, 2.05) is 30.1 Å². The molecule has 3 nitrogen and oxygen atoms in total. The van der Waals surface area contributed by atoms with E-state index in [9.17, 15) is 0 Å². The molecule has 0 aliphatic carbocycles. The Labute approximate surface area is 119 Å². The van der Waals surface area contributed by atoms with E-state index < -0.39 is 0 Å². The zero-order valence-corrected chi connectivity index (χ0v) is 12.2. The Morgan fingerprint density at radius 2 is 2.21 bits per heavy atom. The maximum absolute atomic E-state index is 6.23. The van der Waals surface area contributed by atoms with Gasteiger partial charge >= 0.3 is 0 Å². The molecule has 0 amide bonds. The Morgan fingerprint density at radius 1 is 1.42 bits per heavy atom. The molecule has 0 fully saturated rings. The SMILES string of the molecule is CCC(N)Cc1cnn(Cc2ccc(C)cc2Cl)c1. The van der Waals surface area contributed by atoms with Gasteiger partial charge in [-0.15, -0.1) is 0 Å². The Kier molecular flexibility index (Phi) is 4.61. The van der Waals surface area contributed by atoms with Crippen LogP contribution in [-0.4, -0.2) is 15.8 Å². The van der Waals surface area contributed by atoms with Gasteiger partial charge < -0.3 is 5.73 Å². The molecule has 4 heteroatoms. The fourth-order valence-corrected chi connectivity index (χ4v) is 2.30. The van der Waals surface area contributed by atoms with Gasteiger partial charge in [0, 0.05) is 17.3 Å². The van der Waals surface area contributed by atoms with E-state index in [0.29, 0.717) is 6.54 Å². The van der Waals surface area contributed by atoms with Gasteiger partial charge in [-0.25, -0.2) is 0 Å². The van der Waals surface area contributed by atoms with Crippen molar-refractivity contribution in [3.63, 3.8) is 0 Å². The van der Waals surface area contributed by atoms with Gasteiger partial charge in [0.1, 0.15) is 0 Å². The first-order valence-electron chi connectivity index (χ1n) is 6.60. The highest BCUT2D eigenvalue weighted by atomic mass is 35.5. The second-order valence-electron chi connectivity index (χ2n) is 5.01. The quantitative estimate of drug-likeness (QED) is 0.912. The summed E-state index contributed by atoms with van der Waals surface area (Å²) in [6.45, 7) is 4.83. The van der Waals surface area contributed by atoms with Crippen LogP contribution >= 0.6 is 11.6 Å². The van der Waals surface area contributed by atoms with Crippen LogP contribution in [0.2, 0.25) is 5.02 Å².